The van der Waals surface area contributed by atoms with Crippen LogP contribution in [0, 0.1) is 5.92 Å². The van der Waals surface area contributed by atoms with E-state index in [0.717, 1.165) is 31.1 Å². The molecule has 1 rings (SSSR count). The molecule has 0 bridgehead atoms. The van der Waals surface area contributed by atoms with Crippen LogP contribution in [0.3, 0.4) is 0 Å². The van der Waals surface area contributed by atoms with E-state index in [4.69, 9.17) is 16.3 Å². The predicted octanol–water partition coefficient (Wildman–Crippen LogP) is 2.87. The van der Waals surface area contributed by atoms with Crippen LogP contribution in [0.5, 0.6) is 5.75 Å². The van der Waals surface area contributed by atoms with Crippen LogP contribution in [0.15, 0.2) is 18.2 Å². The number of hydrogen-bond acceptors (Lipinski definition) is 1. The van der Waals surface area contributed by atoms with E-state index in [1.807, 2.05) is 18.2 Å². The Balaban J connectivity index is 2.52. The van der Waals surface area contributed by atoms with Crippen molar-refractivity contribution in [1.29, 1.82) is 0 Å². The summed E-state index contributed by atoms with van der Waals surface area (Å²) in [4.78, 5) is 0. The minimum atomic E-state index is 0.676. The lowest BCUT2D eigenvalue weighted by Crippen LogP contribution is -2.12. The van der Waals surface area contributed by atoms with E-state index in [-0.39, 0.29) is 0 Å². The first-order valence-electron chi connectivity index (χ1n) is 5.54. The van der Waals surface area contributed by atoms with Crippen molar-refractivity contribution in [3.63, 3.8) is 0 Å². The summed E-state index contributed by atoms with van der Waals surface area (Å²) >= 11 is 6.09. The van der Waals surface area contributed by atoms with Gasteiger partial charge in [0.15, 0.2) is 7.28 Å². The monoisotopic (exact) mass is 224 g/mol. The van der Waals surface area contributed by atoms with Gasteiger partial charge in [0.1, 0.15) is 5.75 Å². The average Bonchev–Trinajstić information content (AvgIpc) is 2.17. The van der Waals surface area contributed by atoms with Gasteiger partial charge in [0.05, 0.1) is 6.61 Å². The molecular weight excluding hydrogens is 206 g/mol. The molecule has 82 valence electrons. The third-order valence-electron chi connectivity index (χ3n) is 2.37. The quantitative estimate of drug-likeness (QED) is 0.699. The van der Waals surface area contributed by atoms with Crippen LogP contribution >= 0.6 is 11.6 Å². The molecule has 0 heterocycles. The third-order valence-corrected chi connectivity index (χ3v) is 2.72. The van der Waals surface area contributed by atoms with E-state index >= 15 is 0 Å². The van der Waals surface area contributed by atoms with Gasteiger partial charge in [0.2, 0.25) is 0 Å². The molecule has 0 aliphatic carbocycles. The topological polar surface area (TPSA) is 9.23 Å². The van der Waals surface area contributed by atoms with Crippen LogP contribution in [0.1, 0.15) is 20.3 Å². The molecule has 0 radical (unpaired) electrons. The minimum absolute atomic E-state index is 0.676. The highest BCUT2D eigenvalue weighted by Crippen LogP contribution is 2.16. The number of rotatable bonds is 5. The zero-order valence-corrected chi connectivity index (χ0v) is 10.5. The highest BCUT2D eigenvalue weighted by atomic mass is 35.5. The molecule has 0 atom stereocenters. The van der Waals surface area contributed by atoms with Crippen molar-refractivity contribution in [2.45, 2.75) is 27.1 Å². The second-order valence-electron chi connectivity index (χ2n) is 4.14. The molecule has 0 saturated heterocycles. The predicted molar refractivity (Wildman–Crippen MR) is 69.0 cm³/mol. The molecule has 3 heteroatoms. The van der Waals surface area contributed by atoms with Gasteiger partial charge in [-0.05, 0) is 24.5 Å². The molecule has 1 nitrogen and oxygen atoms in total. The molecule has 0 N–H and O–H groups in total. The van der Waals surface area contributed by atoms with Crippen molar-refractivity contribution in [3.8, 4) is 5.75 Å². The van der Waals surface area contributed by atoms with Crippen molar-refractivity contribution in [2.75, 3.05) is 6.61 Å². The molecule has 1 aromatic rings. The largest absolute Gasteiger partial charge is 0.494 e. The molecule has 0 fully saturated rings. The molecule has 0 amide bonds. The number of halogens is 1. The summed E-state index contributed by atoms with van der Waals surface area (Å²) in [7, 11) is 0.963. The molecule has 0 spiro atoms. The fraction of sp³-hybridized carbons (Fsp3) is 0.500. The average molecular weight is 225 g/mol. The fourth-order valence-corrected chi connectivity index (χ4v) is 1.62. The summed E-state index contributed by atoms with van der Waals surface area (Å²) in [6, 6.07) is 5.93. The highest BCUT2D eigenvalue weighted by Gasteiger charge is 2.01. The van der Waals surface area contributed by atoms with Gasteiger partial charge in [-0.1, -0.05) is 43.8 Å². The van der Waals surface area contributed by atoms with Crippen LogP contribution in [-0.2, 0) is 0 Å². The zero-order valence-electron chi connectivity index (χ0n) is 9.72. The lowest BCUT2D eigenvalue weighted by molar-refractivity contribution is 0.289. The van der Waals surface area contributed by atoms with Gasteiger partial charge in [0, 0.05) is 5.02 Å². The Kier molecular flexibility index (Phi) is 5.03. The van der Waals surface area contributed by atoms with Gasteiger partial charge in [-0.15, -0.1) is 0 Å². The van der Waals surface area contributed by atoms with E-state index in [1.54, 1.807) is 0 Å². The lowest BCUT2D eigenvalue weighted by atomic mass is 9.73. The van der Waals surface area contributed by atoms with E-state index in [1.165, 1.54) is 5.46 Å². The Hall–Kier alpha value is -0.625. The van der Waals surface area contributed by atoms with Crippen molar-refractivity contribution < 1.29 is 4.74 Å². The van der Waals surface area contributed by atoms with E-state index in [2.05, 4.69) is 20.7 Å². The fourth-order valence-electron chi connectivity index (χ4n) is 1.32. The molecule has 0 saturated carbocycles. The first-order chi connectivity index (χ1) is 7.13. The van der Waals surface area contributed by atoms with Gasteiger partial charge in [-0.25, -0.2) is 0 Å². The highest BCUT2D eigenvalue weighted by molar-refractivity contribution is 6.57. The Morgan fingerprint density at radius 1 is 1.40 bits per heavy atom. The summed E-state index contributed by atoms with van der Waals surface area (Å²) in [5, 5.41) is 0.805. The maximum absolute atomic E-state index is 6.09. The molecule has 0 unspecified atom stereocenters. The van der Waals surface area contributed by atoms with E-state index in [9.17, 15) is 0 Å². The Labute approximate surface area is 98.0 Å². The van der Waals surface area contributed by atoms with E-state index in [0.29, 0.717) is 5.92 Å². The van der Waals surface area contributed by atoms with Crippen LogP contribution in [0.25, 0.3) is 0 Å². The van der Waals surface area contributed by atoms with Crippen molar-refractivity contribution in [1.82, 2.24) is 0 Å². The molecule has 1 aromatic carbocycles. The first kappa shape index (κ1) is 12.4. The lowest BCUT2D eigenvalue weighted by Gasteiger charge is -2.09. The summed E-state index contributed by atoms with van der Waals surface area (Å²) < 4.78 is 5.61. The Morgan fingerprint density at radius 3 is 2.67 bits per heavy atom. The van der Waals surface area contributed by atoms with E-state index < -0.39 is 0 Å². The van der Waals surface area contributed by atoms with Crippen molar-refractivity contribution >= 4 is 24.3 Å². The number of benzene rings is 1. The molecule has 0 aromatic heterocycles. The summed E-state index contributed by atoms with van der Waals surface area (Å²) in [6.45, 7) is 7.24. The van der Waals surface area contributed by atoms with Gasteiger partial charge in [-0.3, -0.25) is 0 Å². The number of hydrogen-bond donors (Lipinski definition) is 0. The van der Waals surface area contributed by atoms with Gasteiger partial charge in [0.25, 0.3) is 0 Å². The summed E-state index contributed by atoms with van der Waals surface area (Å²) in [5.74, 6) is 1.55. The molecule has 0 aliphatic heterocycles. The van der Waals surface area contributed by atoms with Gasteiger partial charge >= 0.3 is 0 Å². The van der Waals surface area contributed by atoms with Crippen LogP contribution in [-0.4, -0.2) is 13.9 Å². The van der Waals surface area contributed by atoms with Crippen molar-refractivity contribution in [3.05, 3.63) is 23.2 Å². The second-order valence-corrected chi connectivity index (χ2v) is 4.54. The maximum atomic E-state index is 6.09. The smallest absolute Gasteiger partial charge is 0.156 e. The first-order valence-corrected chi connectivity index (χ1v) is 5.92. The SMILES string of the molecule is CBc1ccc(OCCC(C)C)cc1Cl. The molecular formula is C12H18BClO. The third kappa shape index (κ3) is 4.17. The second kappa shape index (κ2) is 6.07. The molecule has 15 heavy (non-hydrogen) atoms. The van der Waals surface area contributed by atoms with Gasteiger partial charge in [-0.2, -0.15) is 0 Å². The molecule has 0 aliphatic rings. The standard InChI is InChI=1S/C12H18BClO/c1-9(2)6-7-15-10-4-5-11(13-3)12(14)8-10/h4-5,8-9,13H,6-7H2,1-3H3. The van der Waals surface area contributed by atoms with Gasteiger partial charge < -0.3 is 4.74 Å². The zero-order chi connectivity index (χ0) is 11.3. The maximum Gasteiger partial charge on any atom is 0.156 e. The number of ether oxygens (including phenoxy) is 1. The van der Waals surface area contributed by atoms with Crippen LogP contribution in [0.2, 0.25) is 11.8 Å². The Morgan fingerprint density at radius 2 is 2.13 bits per heavy atom. The van der Waals surface area contributed by atoms with Crippen molar-refractivity contribution in [2.24, 2.45) is 5.92 Å². The summed E-state index contributed by atoms with van der Waals surface area (Å²) in [5.41, 5.74) is 1.17. The summed E-state index contributed by atoms with van der Waals surface area (Å²) in [6.07, 6.45) is 1.08. The minimum Gasteiger partial charge on any atom is -0.494 e. The normalized spacial score (nSPS) is 10.5. The Bertz CT molecular complexity index is 312. The van der Waals surface area contributed by atoms with Crippen LogP contribution < -0.4 is 10.2 Å². The van der Waals surface area contributed by atoms with Crippen LogP contribution in [0.4, 0.5) is 0 Å².